The first-order chi connectivity index (χ1) is 9.78. The molecule has 2 aromatic carbocycles. The third kappa shape index (κ3) is 4.60. The molecule has 20 heavy (non-hydrogen) atoms. The second-order valence-electron chi connectivity index (χ2n) is 4.18. The van der Waals surface area contributed by atoms with Gasteiger partial charge in [0.2, 0.25) is 0 Å². The van der Waals surface area contributed by atoms with Crippen LogP contribution in [0.25, 0.3) is 0 Å². The average molecular weight is 289 g/mol. The van der Waals surface area contributed by atoms with Crippen LogP contribution in [0.2, 0.25) is 0 Å². The molecule has 3 heteroatoms. The number of alkyl halides is 1. The lowest BCUT2D eigenvalue weighted by atomic mass is 10.2. The fourth-order valence-electron chi connectivity index (χ4n) is 1.62. The summed E-state index contributed by atoms with van der Waals surface area (Å²) in [6, 6.07) is 13.8. The second-order valence-corrected chi connectivity index (χ2v) is 4.56. The van der Waals surface area contributed by atoms with Gasteiger partial charge < -0.3 is 4.74 Å². The van der Waals surface area contributed by atoms with Gasteiger partial charge in [-0.25, -0.2) is 4.39 Å². The van der Waals surface area contributed by atoms with Crippen molar-refractivity contribution in [2.75, 3.05) is 5.88 Å². The normalized spacial score (nSPS) is 9.70. The van der Waals surface area contributed by atoms with Gasteiger partial charge in [-0.3, -0.25) is 0 Å². The van der Waals surface area contributed by atoms with Gasteiger partial charge in [0.1, 0.15) is 18.2 Å². The monoisotopic (exact) mass is 288 g/mol. The Balaban J connectivity index is 1.98. The quantitative estimate of drug-likeness (QED) is 0.599. The van der Waals surface area contributed by atoms with Crippen molar-refractivity contribution in [3.8, 4) is 17.6 Å². The Labute approximate surface area is 123 Å². The van der Waals surface area contributed by atoms with E-state index in [0.29, 0.717) is 18.9 Å². The maximum Gasteiger partial charge on any atom is 0.123 e. The minimum atomic E-state index is -0.245. The van der Waals surface area contributed by atoms with Crippen LogP contribution >= 0.6 is 11.6 Å². The van der Waals surface area contributed by atoms with Crippen molar-refractivity contribution in [2.45, 2.75) is 13.0 Å². The molecule has 2 aromatic rings. The first-order valence-electron chi connectivity index (χ1n) is 6.30. The Bertz CT molecular complexity index is 611. The molecule has 0 bridgehead atoms. The molecule has 0 aromatic heterocycles. The van der Waals surface area contributed by atoms with Gasteiger partial charge in [-0.15, -0.1) is 11.6 Å². The lowest BCUT2D eigenvalue weighted by Crippen LogP contribution is -1.95. The summed E-state index contributed by atoms with van der Waals surface area (Å²) in [7, 11) is 0. The van der Waals surface area contributed by atoms with Crippen molar-refractivity contribution in [2.24, 2.45) is 0 Å². The molecule has 1 nitrogen and oxygen atoms in total. The van der Waals surface area contributed by atoms with Gasteiger partial charge in [0.05, 0.1) is 0 Å². The highest BCUT2D eigenvalue weighted by Crippen LogP contribution is 2.15. The Morgan fingerprint density at radius 1 is 1.10 bits per heavy atom. The van der Waals surface area contributed by atoms with E-state index in [1.807, 2.05) is 24.3 Å². The second kappa shape index (κ2) is 7.57. The molecular formula is C17H14ClFO. The number of benzene rings is 2. The van der Waals surface area contributed by atoms with Crippen LogP contribution in [0.5, 0.6) is 5.75 Å². The van der Waals surface area contributed by atoms with Gasteiger partial charge in [0.25, 0.3) is 0 Å². The first kappa shape index (κ1) is 14.4. The van der Waals surface area contributed by atoms with Crippen molar-refractivity contribution in [1.82, 2.24) is 0 Å². The van der Waals surface area contributed by atoms with Crippen LogP contribution in [0.1, 0.15) is 17.5 Å². The minimum Gasteiger partial charge on any atom is -0.489 e. The molecule has 0 N–H and O–H groups in total. The highest BCUT2D eigenvalue weighted by molar-refractivity contribution is 6.18. The summed E-state index contributed by atoms with van der Waals surface area (Å²) in [5.41, 5.74) is 1.82. The Morgan fingerprint density at radius 2 is 1.90 bits per heavy atom. The van der Waals surface area contributed by atoms with Crippen LogP contribution < -0.4 is 4.74 Å². The predicted molar refractivity (Wildman–Crippen MR) is 79.4 cm³/mol. The molecule has 0 spiro atoms. The van der Waals surface area contributed by atoms with Crippen LogP contribution in [0.15, 0.2) is 48.5 Å². The molecule has 0 radical (unpaired) electrons. The van der Waals surface area contributed by atoms with E-state index in [-0.39, 0.29) is 5.82 Å². The van der Waals surface area contributed by atoms with E-state index in [2.05, 4.69) is 11.8 Å². The number of hydrogen-bond acceptors (Lipinski definition) is 1. The van der Waals surface area contributed by atoms with Crippen molar-refractivity contribution in [3.63, 3.8) is 0 Å². The largest absolute Gasteiger partial charge is 0.489 e. The fourth-order valence-corrected chi connectivity index (χ4v) is 1.72. The molecule has 0 unspecified atom stereocenters. The highest BCUT2D eigenvalue weighted by Gasteiger charge is 1.97. The zero-order valence-electron chi connectivity index (χ0n) is 10.9. The topological polar surface area (TPSA) is 9.23 Å². The third-order valence-corrected chi connectivity index (χ3v) is 2.79. The van der Waals surface area contributed by atoms with E-state index >= 15 is 0 Å². The molecule has 2 rings (SSSR count). The highest BCUT2D eigenvalue weighted by atomic mass is 35.5. The predicted octanol–water partition coefficient (Wildman–Crippen LogP) is 4.39. The molecule has 0 fully saturated rings. The smallest absolute Gasteiger partial charge is 0.123 e. The first-order valence-corrected chi connectivity index (χ1v) is 6.83. The van der Waals surface area contributed by atoms with Crippen LogP contribution in [-0.4, -0.2) is 5.88 Å². The zero-order valence-corrected chi connectivity index (χ0v) is 11.7. The van der Waals surface area contributed by atoms with Gasteiger partial charge in [0, 0.05) is 17.9 Å². The Hall–Kier alpha value is -1.98. The summed E-state index contributed by atoms with van der Waals surface area (Å²) in [5.74, 6) is 7.04. The third-order valence-electron chi connectivity index (χ3n) is 2.61. The molecule has 0 amide bonds. The Morgan fingerprint density at radius 3 is 2.65 bits per heavy atom. The summed E-state index contributed by atoms with van der Waals surface area (Å²) in [6.07, 6.45) is 0.669. The molecule has 0 aliphatic heterocycles. The van der Waals surface area contributed by atoms with Crippen LogP contribution in [-0.2, 0) is 6.61 Å². The minimum absolute atomic E-state index is 0.245. The van der Waals surface area contributed by atoms with Gasteiger partial charge in [-0.05, 0) is 35.9 Å². The van der Waals surface area contributed by atoms with Crippen LogP contribution in [0.4, 0.5) is 4.39 Å². The number of hydrogen-bond donors (Lipinski definition) is 0. The van der Waals surface area contributed by atoms with E-state index in [0.717, 1.165) is 16.9 Å². The van der Waals surface area contributed by atoms with Crippen molar-refractivity contribution < 1.29 is 9.13 Å². The van der Waals surface area contributed by atoms with Gasteiger partial charge in [-0.1, -0.05) is 30.0 Å². The molecular weight excluding hydrogens is 275 g/mol. The SMILES string of the molecule is Fc1ccc(COc2cccc(C#CCCCl)c2)cc1. The molecule has 0 aliphatic carbocycles. The van der Waals surface area contributed by atoms with E-state index in [1.165, 1.54) is 12.1 Å². The summed E-state index contributed by atoms with van der Waals surface area (Å²) < 4.78 is 18.4. The summed E-state index contributed by atoms with van der Waals surface area (Å²) in [6.45, 7) is 0.402. The molecule has 0 atom stereocenters. The summed E-state index contributed by atoms with van der Waals surface area (Å²) >= 11 is 5.57. The summed E-state index contributed by atoms with van der Waals surface area (Å²) in [4.78, 5) is 0. The number of rotatable bonds is 4. The van der Waals surface area contributed by atoms with E-state index in [9.17, 15) is 4.39 Å². The maximum atomic E-state index is 12.8. The van der Waals surface area contributed by atoms with Gasteiger partial charge in [-0.2, -0.15) is 0 Å². The maximum absolute atomic E-state index is 12.8. The van der Waals surface area contributed by atoms with E-state index in [4.69, 9.17) is 16.3 Å². The van der Waals surface area contributed by atoms with Crippen molar-refractivity contribution in [1.29, 1.82) is 0 Å². The molecule has 0 saturated carbocycles. The standard InChI is InChI=1S/C17H14ClFO/c18-11-2-1-4-14-5-3-6-17(12-14)20-13-15-7-9-16(19)10-8-15/h3,5-10,12H,2,11,13H2. The molecule has 0 saturated heterocycles. The molecule has 102 valence electrons. The summed E-state index contributed by atoms with van der Waals surface area (Å²) in [5, 5.41) is 0. The lowest BCUT2D eigenvalue weighted by molar-refractivity contribution is 0.306. The lowest BCUT2D eigenvalue weighted by Gasteiger charge is -2.06. The van der Waals surface area contributed by atoms with Crippen molar-refractivity contribution in [3.05, 3.63) is 65.5 Å². The fraction of sp³-hybridized carbons (Fsp3) is 0.176. The average Bonchev–Trinajstić information content (AvgIpc) is 2.47. The van der Waals surface area contributed by atoms with Crippen molar-refractivity contribution >= 4 is 11.6 Å². The van der Waals surface area contributed by atoms with Gasteiger partial charge in [0.15, 0.2) is 0 Å². The van der Waals surface area contributed by atoms with E-state index < -0.39 is 0 Å². The molecule has 0 heterocycles. The van der Waals surface area contributed by atoms with E-state index in [1.54, 1.807) is 12.1 Å². The van der Waals surface area contributed by atoms with Crippen LogP contribution in [0.3, 0.4) is 0 Å². The van der Waals surface area contributed by atoms with Crippen LogP contribution in [0, 0.1) is 17.7 Å². The zero-order chi connectivity index (χ0) is 14.2. The Kier molecular flexibility index (Phi) is 5.46. The number of ether oxygens (including phenoxy) is 1. The number of halogens is 2. The van der Waals surface area contributed by atoms with Gasteiger partial charge >= 0.3 is 0 Å². The molecule has 0 aliphatic rings.